The summed E-state index contributed by atoms with van der Waals surface area (Å²) in [5, 5.41) is 7.23. The molecule has 3 heterocycles. The first-order chi connectivity index (χ1) is 18.1. The largest absolute Gasteiger partial charge is 0.361 e. The molecule has 3 aliphatic rings. The number of nitrogens with zero attached hydrogens (tertiary/aromatic N) is 4. The number of aromatic nitrogens is 2. The average Bonchev–Trinajstić information content (AvgIpc) is 3.69. The standard InChI is InChI=1S/C29H33FN6S/c30-24-11-9-23(10-12-24)29(13-3-4-14-29)20-31-28(37)34-27-32-25(35-15-5-6-16-35)17-26(33-27)36-18-21-7-1-2-8-22(21)19-36/h1-2,7-12,17H,3-6,13-16,18-20H2,(H2,31,32,33,34,37). The predicted molar refractivity (Wildman–Crippen MR) is 151 cm³/mol. The molecule has 6 rings (SSSR count). The number of rotatable bonds is 6. The molecule has 192 valence electrons. The van der Waals surface area contributed by atoms with E-state index in [-0.39, 0.29) is 11.2 Å². The molecular formula is C29H33FN6S. The highest BCUT2D eigenvalue weighted by molar-refractivity contribution is 7.80. The minimum Gasteiger partial charge on any atom is -0.361 e. The van der Waals surface area contributed by atoms with Crippen LogP contribution in [-0.2, 0) is 18.5 Å². The van der Waals surface area contributed by atoms with Gasteiger partial charge in [-0.2, -0.15) is 9.97 Å². The smallest absolute Gasteiger partial charge is 0.232 e. The van der Waals surface area contributed by atoms with Crippen molar-refractivity contribution in [3.63, 3.8) is 0 Å². The highest BCUT2D eigenvalue weighted by Crippen LogP contribution is 2.40. The Morgan fingerprint density at radius 3 is 2.14 bits per heavy atom. The van der Waals surface area contributed by atoms with Gasteiger partial charge in [0, 0.05) is 44.2 Å². The molecule has 2 N–H and O–H groups in total. The van der Waals surface area contributed by atoms with Crippen LogP contribution in [0.15, 0.2) is 54.6 Å². The van der Waals surface area contributed by atoms with Crippen molar-refractivity contribution >= 4 is 34.9 Å². The molecule has 0 atom stereocenters. The number of thiocarbonyl (C=S) groups is 1. The minimum absolute atomic E-state index is 0.0375. The summed E-state index contributed by atoms with van der Waals surface area (Å²) in [5.74, 6) is 2.18. The van der Waals surface area contributed by atoms with Gasteiger partial charge in [-0.1, -0.05) is 49.2 Å². The summed E-state index contributed by atoms with van der Waals surface area (Å²) in [4.78, 5) is 14.4. The molecule has 6 nitrogen and oxygen atoms in total. The van der Waals surface area contributed by atoms with Crippen molar-refractivity contribution in [2.45, 2.75) is 57.0 Å². The van der Waals surface area contributed by atoms with Gasteiger partial charge in [-0.15, -0.1) is 0 Å². The zero-order chi connectivity index (χ0) is 25.2. The highest BCUT2D eigenvalue weighted by Gasteiger charge is 2.35. The Bertz CT molecular complexity index is 1240. The van der Waals surface area contributed by atoms with Gasteiger partial charge in [0.05, 0.1) is 0 Å². The monoisotopic (exact) mass is 516 g/mol. The van der Waals surface area contributed by atoms with E-state index in [0.717, 1.165) is 50.7 Å². The van der Waals surface area contributed by atoms with E-state index in [1.165, 1.54) is 42.4 Å². The summed E-state index contributed by atoms with van der Waals surface area (Å²) in [7, 11) is 0. The molecular weight excluding hydrogens is 483 g/mol. The maximum Gasteiger partial charge on any atom is 0.232 e. The van der Waals surface area contributed by atoms with Crippen LogP contribution in [0.2, 0.25) is 0 Å². The third kappa shape index (κ3) is 5.12. The second kappa shape index (κ2) is 10.2. The fraction of sp³-hybridized carbons (Fsp3) is 0.414. The lowest BCUT2D eigenvalue weighted by atomic mass is 9.79. The van der Waals surface area contributed by atoms with E-state index in [1.807, 2.05) is 12.1 Å². The zero-order valence-electron chi connectivity index (χ0n) is 21.0. The summed E-state index contributed by atoms with van der Waals surface area (Å²) >= 11 is 5.71. The van der Waals surface area contributed by atoms with Crippen molar-refractivity contribution in [1.29, 1.82) is 0 Å². The van der Waals surface area contributed by atoms with Gasteiger partial charge in [0.25, 0.3) is 0 Å². The Morgan fingerprint density at radius 2 is 1.49 bits per heavy atom. The molecule has 2 aliphatic heterocycles. The van der Waals surface area contributed by atoms with Gasteiger partial charge in [-0.3, -0.25) is 0 Å². The molecule has 8 heteroatoms. The topological polar surface area (TPSA) is 56.3 Å². The molecule has 3 aromatic rings. The second-order valence-corrected chi connectivity index (χ2v) is 10.9. The number of hydrogen-bond donors (Lipinski definition) is 2. The molecule has 1 saturated carbocycles. The Morgan fingerprint density at radius 1 is 0.865 bits per heavy atom. The first-order valence-electron chi connectivity index (χ1n) is 13.3. The van der Waals surface area contributed by atoms with Gasteiger partial charge >= 0.3 is 0 Å². The van der Waals surface area contributed by atoms with E-state index in [1.54, 1.807) is 12.1 Å². The third-order valence-electron chi connectivity index (χ3n) is 8.12. The summed E-state index contributed by atoms with van der Waals surface area (Å²) in [6, 6.07) is 17.6. The average molecular weight is 517 g/mol. The molecule has 2 aromatic carbocycles. The Hall–Kier alpha value is -3.26. The van der Waals surface area contributed by atoms with Gasteiger partial charge in [-0.25, -0.2) is 4.39 Å². The molecule has 0 spiro atoms. The lowest BCUT2D eigenvalue weighted by molar-refractivity contribution is 0.434. The van der Waals surface area contributed by atoms with Gasteiger partial charge in [0.15, 0.2) is 5.11 Å². The second-order valence-electron chi connectivity index (χ2n) is 10.5. The fourth-order valence-corrected chi connectivity index (χ4v) is 6.22. The molecule has 0 amide bonds. The molecule has 0 bridgehead atoms. The number of nitrogens with one attached hydrogen (secondary N) is 2. The van der Waals surface area contributed by atoms with Crippen LogP contribution in [0.4, 0.5) is 22.0 Å². The van der Waals surface area contributed by atoms with Crippen molar-refractivity contribution in [3.8, 4) is 0 Å². The lowest BCUT2D eigenvalue weighted by Gasteiger charge is -2.30. The van der Waals surface area contributed by atoms with Gasteiger partial charge in [0.1, 0.15) is 17.5 Å². The maximum atomic E-state index is 13.6. The lowest BCUT2D eigenvalue weighted by Crippen LogP contribution is -2.41. The predicted octanol–water partition coefficient (Wildman–Crippen LogP) is 5.53. The first-order valence-corrected chi connectivity index (χ1v) is 13.8. The first kappa shape index (κ1) is 24.1. The molecule has 0 radical (unpaired) electrons. The van der Waals surface area contributed by atoms with Crippen LogP contribution >= 0.6 is 12.2 Å². The van der Waals surface area contributed by atoms with Crippen LogP contribution in [0.5, 0.6) is 0 Å². The summed E-state index contributed by atoms with van der Waals surface area (Å²) in [5.41, 5.74) is 3.82. The van der Waals surface area contributed by atoms with E-state index in [2.05, 4.69) is 50.8 Å². The van der Waals surface area contributed by atoms with Crippen LogP contribution in [-0.4, -0.2) is 34.7 Å². The minimum atomic E-state index is -0.200. The highest BCUT2D eigenvalue weighted by atomic mass is 32.1. The van der Waals surface area contributed by atoms with E-state index in [0.29, 0.717) is 17.6 Å². The van der Waals surface area contributed by atoms with Crippen molar-refractivity contribution in [1.82, 2.24) is 15.3 Å². The van der Waals surface area contributed by atoms with Crippen molar-refractivity contribution in [2.75, 3.05) is 34.8 Å². The van der Waals surface area contributed by atoms with Gasteiger partial charge in [0.2, 0.25) is 5.95 Å². The SMILES string of the molecule is Fc1ccc(C2(CNC(=S)Nc3nc(N4CCCC4)cc(N4Cc5ccccc5C4)n3)CCCC2)cc1. The van der Waals surface area contributed by atoms with E-state index in [4.69, 9.17) is 22.2 Å². The van der Waals surface area contributed by atoms with Crippen LogP contribution in [0, 0.1) is 5.82 Å². The number of anilines is 3. The third-order valence-corrected chi connectivity index (χ3v) is 8.37. The normalized spacial score (nSPS) is 18.2. The molecule has 0 unspecified atom stereocenters. The van der Waals surface area contributed by atoms with E-state index >= 15 is 0 Å². The number of benzene rings is 2. The van der Waals surface area contributed by atoms with Gasteiger partial charge < -0.3 is 20.4 Å². The van der Waals surface area contributed by atoms with Gasteiger partial charge in [-0.05, 0) is 66.7 Å². The Labute approximate surface area is 223 Å². The van der Waals surface area contributed by atoms with Crippen molar-refractivity contribution in [3.05, 3.63) is 77.1 Å². The Kier molecular flexibility index (Phi) is 6.67. The van der Waals surface area contributed by atoms with E-state index < -0.39 is 0 Å². The summed E-state index contributed by atoms with van der Waals surface area (Å²) < 4.78 is 13.6. The number of halogens is 1. The van der Waals surface area contributed by atoms with Crippen molar-refractivity contribution < 1.29 is 4.39 Å². The van der Waals surface area contributed by atoms with Crippen molar-refractivity contribution in [2.24, 2.45) is 0 Å². The van der Waals surface area contributed by atoms with E-state index in [9.17, 15) is 4.39 Å². The molecule has 1 aliphatic carbocycles. The summed E-state index contributed by atoms with van der Waals surface area (Å²) in [6.07, 6.45) is 6.83. The molecule has 37 heavy (non-hydrogen) atoms. The fourth-order valence-electron chi connectivity index (χ4n) is 6.06. The van der Waals surface area contributed by atoms with Crippen LogP contribution in [0.3, 0.4) is 0 Å². The molecule has 2 fully saturated rings. The van der Waals surface area contributed by atoms with Crippen LogP contribution < -0.4 is 20.4 Å². The quantitative estimate of drug-likeness (QED) is 0.418. The summed E-state index contributed by atoms with van der Waals surface area (Å²) in [6.45, 7) is 4.41. The zero-order valence-corrected chi connectivity index (χ0v) is 21.9. The molecule has 1 aromatic heterocycles. The van der Waals surface area contributed by atoms with Crippen LogP contribution in [0.1, 0.15) is 55.2 Å². The number of hydrogen-bond acceptors (Lipinski definition) is 5. The maximum absolute atomic E-state index is 13.6. The van der Waals surface area contributed by atoms with Crippen LogP contribution in [0.25, 0.3) is 0 Å². The Balaban J connectivity index is 1.19. The number of fused-ring (bicyclic) bond motifs is 1. The molecule has 1 saturated heterocycles.